The first-order valence-corrected chi connectivity index (χ1v) is 5.60. The molecule has 0 fully saturated rings. The number of nitro benzene ring substituents is 1. The van der Waals surface area contributed by atoms with E-state index in [9.17, 15) is 10.1 Å². The highest BCUT2D eigenvalue weighted by atomic mass is 16.6. The van der Waals surface area contributed by atoms with Crippen molar-refractivity contribution in [2.45, 2.75) is 13.8 Å². The van der Waals surface area contributed by atoms with Crippen LogP contribution in [0.15, 0.2) is 36.4 Å². The van der Waals surface area contributed by atoms with Crippen molar-refractivity contribution in [2.75, 3.05) is 5.73 Å². The van der Waals surface area contributed by atoms with Crippen LogP contribution in [0.1, 0.15) is 11.1 Å². The number of anilines is 1. The molecule has 0 saturated carbocycles. The van der Waals surface area contributed by atoms with Crippen LogP contribution in [0, 0.1) is 24.0 Å². The zero-order valence-corrected chi connectivity index (χ0v) is 10.3. The Labute approximate surface area is 105 Å². The van der Waals surface area contributed by atoms with Crippen LogP contribution < -0.4 is 5.73 Å². The van der Waals surface area contributed by atoms with Crippen LogP contribution in [-0.2, 0) is 0 Å². The molecule has 4 nitrogen and oxygen atoms in total. The Morgan fingerprint density at radius 3 is 2.11 bits per heavy atom. The Balaban J connectivity index is 2.67. The van der Waals surface area contributed by atoms with Crippen LogP contribution in [0.25, 0.3) is 11.1 Å². The molecular formula is C14H14N2O2. The second-order valence-corrected chi connectivity index (χ2v) is 4.37. The number of benzene rings is 2. The Kier molecular flexibility index (Phi) is 3.02. The summed E-state index contributed by atoms with van der Waals surface area (Å²) in [5, 5.41) is 11.1. The fourth-order valence-corrected chi connectivity index (χ4v) is 1.95. The van der Waals surface area contributed by atoms with E-state index in [1.807, 2.05) is 38.1 Å². The number of nitrogens with zero attached hydrogens (tertiary/aromatic N) is 1. The highest BCUT2D eigenvalue weighted by Gasteiger charge is 2.16. The topological polar surface area (TPSA) is 69.2 Å². The first-order valence-electron chi connectivity index (χ1n) is 5.60. The summed E-state index contributed by atoms with van der Waals surface area (Å²) >= 11 is 0. The molecule has 0 atom stereocenters. The van der Waals surface area contributed by atoms with E-state index in [4.69, 9.17) is 5.73 Å². The SMILES string of the molecule is Cc1ccc(-c2ccc(C)cc2[N+](=O)[O-])c(N)c1. The summed E-state index contributed by atoms with van der Waals surface area (Å²) in [6.07, 6.45) is 0. The molecular weight excluding hydrogens is 228 g/mol. The van der Waals surface area contributed by atoms with Gasteiger partial charge in [-0.05, 0) is 37.1 Å². The fourth-order valence-electron chi connectivity index (χ4n) is 1.95. The van der Waals surface area contributed by atoms with Crippen molar-refractivity contribution in [2.24, 2.45) is 0 Å². The van der Waals surface area contributed by atoms with E-state index >= 15 is 0 Å². The van der Waals surface area contributed by atoms with E-state index in [1.165, 1.54) is 0 Å². The predicted molar refractivity (Wildman–Crippen MR) is 72.4 cm³/mol. The third kappa shape index (κ3) is 2.18. The molecule has 0 heterocycles. The number of rotatable bonds is 2. The van der Waals surface area contributed by atoms with Gasteiger partial charge in [0.05, 0.1) is 10.5 Å². The molecule has 0 aliphatic carbocycles. The molecule has 0 bridgehead atoms. The van der Waals surface area contributed by atoms with Gasteiger partial charge in [0.1, 0.15) is 0 Å². The third-order valence-electron chi connectivity index (χ3n) is 2.85. The first-order chi connectivity index (χ1) is 8.49. The summed E-state index contributed by atoms with van der Waals surface area (Å²) in [4.78, 5) is 10.7. The maximum Gasteiger partial charge on any atom is 0.277 e. The first kappa shape index (κ1) is 12.1. The fraction of sp³-hybridized carbons (Fsp3) is 0.143. The minimum atomic E-state index is -0.373. The molecule has 0 aliphatic rings. The summed E-state index contributed by atoms with van der Waals surface area (Å²) < 4.78 is 0. The van der Waals surface area contributed by atoms with Gasteiger partial charge >= 0.3 is 0 Å². The van der Waals surface area contributed by atoms with E-state index in [0.717, 1.165) is 11.1 Å². The monoisotopic (exact) mass is 242 g/mol. The van der Waals surface area contributed by atoms with Gasteiger partial charge in [-0.3, -0.25) is 10.1 Å². The molecule has 0 spiro atoms. The van der Waals surface area contributed by atoms with Gasteiger partial charge in [0.2, 0.25) is 0 Å². The van der Waals surface area contributed by atoms with Gasteiger partial charge in [-0.15, -0.1) is 0 Å². The molecule has 0 aliphatic heterocycles. The molecule has 0 saturated heterocycles. The van der Waals surface area contributed by atoms with Gasteiger partial charge in [0.25, 0.3) is 5.69 Å². The number of hydrogen-bond donors (Lipinski definition) is 1. The maximum absolute atomic E-state index is 11.1. The van der Waals surface area contributed by atoms with Crippen LogP contribution in [0.4, 0.5) is 11.4 Å². The van der Waals surface area contributed by atoms with Crippen LogP contribution in [0.2, 0.25) is 0 Å². The number of aryl methyl sites for hydroxylation is 2. The van der Waals surface area contributed by atoms with E-state index in [2.05, 4.69) is 0 Å². The van der Waals surface area contributed by atoms with Crippen molar-refractivity contribution < 1.29 is 4.92 Å². The van der Waals surface area contributed by atoms with Crippen molar-refractivity contribution in [3.05, 3.63) is 57.6 Å². The average Bonchev–Trinajstić information content (AvgIpc) is 2.29. The third-order valence-corrected chi connectivity index (χ3v) is 2.85. The number of nitrogens with two attached hydrogens (primary N) is 1. The molecule has 92 valence electrons. The lowest BCUT2D eigenvalue weighted by Crippen LogP contribution is -1.96. The lowest BCUT2D eigenvalue weighted by Gasteiger charge is -2.08. The van der Waals surface area contributed by atoms with Crippen molar-refractivity contribution in [1.29, 1.82) is 0 Å². The molecule has 2 aromatic rings. The normalized spacial score (nSPS) is 10.3. The summed E-state index contributed by atoms with van der Waals surface area (Å²) in [5.74, 6) is 0. The average molecular weight is 242 g/mol. The van der Waals surface area contributed by atoms with E-state index < -0.39 is 0 Å². The van der Waals surface area contributed by atoms with Gasteiger partial charge in [-0.2, -0.15) is 0 Å². The predicted octanol–water partition coefficient (Wildman–Crippen LogP) is 3.46. The lowest BCUT2D eigenvalue weighted by molar-refractivity contribution is -0.384. The molecule has 2 aromatic carbocycles. The minimum Gasteiger partial charge on any atom is -0.398 e. The van der Waals surface area contributed by atoms with E-state index in [1.54, 1.807) is 12.1 Å². The van der Waals surface area contributed by atoms with Gasteiger partial charge in [-0.25, -0.2) is 0 Å². The Hall–Kier alpha value is -2.36. The van der Waals surface area contributed by atoms with Crippen molar-refractivity contribution in [3.63, 3.8) is 0 Å². The summed E-state index contributed by atoms with van der Waals surface area (Å²) in [6.45, 7) is 3.76. The second-order valence-electron chi connectivity index (χ2n) is 4.37. The van der Waals surface area contributed by atoms with Crippen molar-refractivity contribution in [3.8, 4) is 11.1 Å². The van der Waals surface area contributed by atoms with Gasteiger partial charge in [0.15, 0.2) is 0 Å². The number of nitrogen functional groups attached to an aromatic ring is 1. The van der Waals surface area contributed by atoms with Gasteiger partial charge in [0, 0.05) is 17.3 Å². The highest BCUT2D eigenvalue weighted by Crippen LogP contribution is 2.34. The smallest absolute Gasteiger partial charge is 0.277 e. The zero-order chi connectivity index (χ0) is 13.3. The quantitative estimate of drug-likeness (QED) is 0.498. The Bertz CT molecular complexity index is 621. The molecule has 2 rings (SSSR count). The standard InChI is InChI=1S/C14H14N2O2/c1-9-3-5-11(13(15)7-9)12-6-4-10(2)8-14(12)16(17)18/h3-8H,15H2,1-2H3. The second kappa shape index (κ2) is 4.49. The van der Waals surface area contributed by atoms with Gasteiger partial charge < -0.3 is 5.73 Å². The molecule has 18 heavy (non-hydrogen) atoms. The summed E-state index contributed by atoms with van der Waals surface area (Å²) in [5.41, 5.74) is 9.73. The summed E-state index contributed by atoms with van der Waals surface area (Å²) in [7, 11) is 0. The van der Waals surface area contributed by atoms with Crippen molar-refractivity contribution >= 4 is 11.4 Å². The zero-order valence-electron chi connectivity index (χ0n) is 10.3. The molecule has 0 unspecified atom stereocenters. The van der Waals surface area contributed by atoms with Crippen LogP contribution in [0.3, 0.4) is 0 Å². The largest absolute Gasteiger partial charge is 0.398 e. The molecule has 4 heteroatoms. The number of nitro groups is 1. The molecule has 2 N–H and O–H groups in total. The maximum atomic E-state index is 11.1. The van der Waals surface area contributed by atoms with Crippen molar-refractivity contribution in [1.82, 2.24) is 0 Å². The lowest BCUT2D eigenvalue weighted by atomic mass is 9.99. The molecule has 0 aromatic heterocycles. The van der Waals surface area contributed by atoms with E-state index in [0.29, 0.717) is 16.8 Å². The van der Waals surface area contributed by atoms with Crippen LogP contribution in [-0.4, -0.2) is 4.92 Å². The Morgan fingerprint density at radius 2 is 1.56 bits per heavy atom. The van der Waals surface area contributed by atoms with E-state index in [-0.39, 0.29) is 10.6 Å². The number of hydrogen-bond acceptors (Lipinski definition) is 3. The van der Waals surface area contributed by atoms with Crippen LogP contribution in [0.5, 0.6) is 0 Å². The summed E-state index contributed by atoms with van der Waals surface area (Å²) in [6, 6.07) is 10.7. The molecule has 0 amide bonds. The highest BCUT2D eigenvalue weighted by molar-refractivity contribution is 5.82. The Morgan fingerprint density at radius 1 is 1.00 bits per heavy atom. The minimum absolute atomic E-state index is 0.0885. The molecule has 0 radical (unpaired) electrons. The van der Waals surface area contributed by atoms with Gasteiger partial charge in [-0.1, -0.05) is 18.2 Å². The van der Waals surface area contributed by atoms with Crippen LogP contribution >= 0.6 is 0 Å².